The van der Waals surface area contributed by atoms with E-state index >= 15 is 0 Å². The fraction of sp³-hybridized carbons (Fsp3) is 0.909. The van der Waals surface area contributed by atoms with Gasteiger partial charge in [0, 0.05) is 19.1 Å². The maximum absolute atomic E-state index is 12.3. The molecule has 0 bridgehead atoms. The Bertz CT molecular complexity index is 233. The Morgan fingerprint density at radius 2 is 2.00 bits per heavy atom. The minimum Gasteiger partial charge on any atom is -0.335 e. The molecule has 0 atom stereocenters. The first-order chi connectivity index (χ1) is 8.13. The van der Waals surface area contributed by atoms with Crippen LogP contribution in [0.5, 0.6) is 0 Å². The molecule has 3 N–H and O–H groups in total. The fourth-order valence-corrected chi connectivity index (χ4v) is 2.11. The molecule has 0 spiro atoms. The summed E-state index contributed by atoms with van der Waals surface area (Å²) < 4.78 is 24.6. The van der Waals surface area contributed by atoms with Gasteiger partial charge in [-0.25, -0.2) is 13.6 Å². The van der Waals surface area contributed by atoms with E-state index in [1.165, 1.54) is 6.42 Å². The Labute approximate surface area is 101 Å². The summed E-state index contributed by atoms with van der Waals surface area (Å²) in [5, 5.41) is 2.81. The summed E-state index contributed by atoms with van der Waals surface area (Å²) in [6, 6.07) is -0.281. The van der Waals surface area contributed by atoms with Crippen molar-refractivity contribution in [3.05, 3.63) is 0 Å². The minimum absolute atomic E-state index is 0.134. The van der Waals surface area contributed by atoms with Crippen molar-refractivity contribution in [1.29, 1.82) is 0 Å². The zero-order chi connectivity index (χ0) is 12.7. The number of nitrogens with one attached hydrogen (secondary N) is 1. The van der Waals surface area contributed by atoms with Gasteiger partial charge in [-0.2, -0.15) is 0 Å². The second kappa shape index (κ2) is 7.42. The molecule has 0 unspecified atom stereocenters. The zero-order valence-corrected chi connectivity index (χ0v) is 10.0. The van der Waals surface area contributed by atoms with Crippen LogP contribution >= 0.6 is 0 Å². The van der Waals surface area contributed by atoms with Crippen LogP contribution in [0.2, 0.25) is 0 Å². The van der Waals surface area contributed by atoms with E-state index < -0.39 is 19.0 Å². The number of rotatable bonds is 5. The average molecular weight is 249 g/mol. The van der Waals surface area contributed by atoms with Crippen LogP contribution in [0, 0.1) is 0 Å². The number of amides is 2. The molecule has 0 aromatic carbocycles. The normalized spacial score (nSPS) is 17.2. The quantitative estimate of drug-likeness (QED) is 0.776. The van der Waals surface area contributed by atoms with Crippen LogP contribution in [0.1, 0.15) is 32.1 Å². The molecular weight excluding hydrogens is 228 g/mol. The Hall–Kier alpha value is -0.910. The van der Waals surface area contributed by atoms with Crippen LogP contribution in [0.15, 0.2) is 0 Å². The van der Waals surface area contributed by atoms with Gasteiger partial charge in [0.15, 0.2) is 0 Å². The number of nitrogens with zero attached hydrogens (tertiary/aromatic N) is 1. The number of alkyl halides is 2. The highest BCUT2D eigenvalue weighted by molar-refractivity contribution is 5.74. The molecule has 0 heterocycles. The molecule has 1 rings (SSSR count). The molecule has 0 radical (unpaired) electrons. The van der Waals surface area contributed by atoms with E-state index in [1.807, 2.05) is 0 Å². The van der Waals surface area contributed by atoms with E-state index in [9.17, 15) is 13.6 Å². The van der Waals surface area contributed by atoms with E-state index in [2.05, 4.69) is 5.32 Å². The summed E-state index contributed by atoms with van der Waals surface area (Å²) in [4.78, 5) is 12.9. The predicted octanol–water partition coefficient (Wildman–Crippen LogP) is 1.55. The number of nitrogens with two attached hydrogens (primary N) is 1. The van der Waals surface area contributed by atoms with Crippen molar-refractivity contribution in [3.63, 3.8) is 0 Å². The highest BCUT2D eigenvalue weighted by atomic mass is 19.3. The summed E-state index contributed by atoms with van der Waals surface area (Å²) in [7, 11) is 0. The van der Waals surface area contributed by atoms with Crippen molar-refractivity contribution < 1.29 is 13.6 Å². The first-order valence-corrected chi connectivity index (χ1v) is 6.17. The predicted molar refractivity (Wildman–Crippen MR) is 62.0 cm³/mol. The minimum atomic E-state index is -2.52. The van der Waals surface area contributed by atoms with Crippen LogP contribution in [0.3, 0.4) is 0 Å². The van der Waals surface area contributed by atoms with Gasteiger partial charge in [0.2, 0.25) is 0 Å². The average Bonchev–Trinajstić information content (AvgIpc) is 2.29. The lowest BCUT2D eigenvalue weighted by Crippen LogP contribution is -2.48. The van der Waals surface area contributed by atoms with Gasteiger partial charge in [-0.3, -0.25) is 0 Å². The molecular formula is C11H21F2N3O. The highest BCUT2D eigenvalue weighted by Crippen LogP contribution is 2.17. The third-order valence-electron chi connectivity index (χ3n) is 2.98. The number of carbonyl (C=O) groups is 1. The molecule has 6 heteroatoms. The summed E-state index contributed by atoms with van der Waals surface area (Å²) in [5.41, 5.74) is 5.31. The maximum Gasteiger partial charge on any atom is 0.317 e. The van der Waals surface area contributed by atoms with E-state index in [4.69, 9.17) is 5.73 Å². The summed E-state index contributed by atoms with van der Waals surface area (Å²) in [5.74, 6) is 0. The fourth-order valence-electron chi connectivity index (χ4n) is 2.11. The van der Waals surface area contributed by atoms with Crippen LogP contribution in [0.25, 0.3) is 0 Å². The smallest absolute Gasteiger partial charge is 0.317 e. The standard InChI is InChI=1S/C11H21F2N3O/c12-10(13)8-16(7-6-14)11(17)15-9-4-2-1-3-5-9/h9-10H,1-8,14H2,(H,15,17). The zero-order valence-electron chi connectivity index (χ0n) is 10.0. The van der Waals surface area contributed by atoms with Crippen molar-refractivity contribution in [2.45, 2.75) is 44.6 Å². The molecule has 17 heavy (non-hydrogen) atoms. The van der Waals surface area contributed by atoms with Crippen molar-refractivity contribution in [3.8, 4) is 0 Å². The first-order valence-electron chi connectivity index (χ1n) is 6.17. The summed E-state index contributed by atoms with van der Waals surface area (Å²) in [6.45, 7) is -0.177. The van der Waals surface area contributed by atoms with E-state index in [0.717, 1.165) is 30.6 Å². The molecule has 2 amide bonds. The SMILES string of the molecule is NCCN(CC(F)F)C(=O)NC1CCCCC1. The highest BCUT2D eigenvalue weighted by Gasteiger charge is 2.21. The Morgan fingerprint density at radius 3 is 2.53 bits per heavy atom. The molecule has 1 aliphatic rings. The largest absolute Gasteiger partial charge is 0.335 e. The topological polar surface area (TPSA) is 58.4 Å². The molecule has 1 fully saturated rings. The molecule has 1 aliphatic carbocycles. The van der Waals surface area contributed by atoms with Gasteiger partial charge in [-0.15, -0.1) is 0 Å². The third-order valence-corrected chi connectivity index (χ3v) is 2.98. The molecule has 0 aromatic rings. The number of hydrogen-bond donors (Lipinski definition) is 2. The van der Waals surface area contributed by atoms with Crippen LogP contribution < -0.4 is 11.1 Å². The Balaban J connectivity index is 2.39. The Kier molecular flexibility index (Phi) is 6.18. The molecule has 0 saturated heterocycles. The van der Waals surface area contributed by atoms with Crippen molar-refractivity contribution in [1.82, 2.24) is 10.2 Å². The number of hydrogen-bond acceptors (Lipinski definition) is 2. The van der Waals surface area contributed by atoms with Crippen LogP contribution in [-0.4, -0.2) is 43.0 Å². The Morgan fingerprint density at radius 1 is 1.35 bits per heavy atom. The van der Waals surface area contributed by atoms with Gasteiger partial charge in [0.05, 0.1) is 6.54 Å². The third kappa shape index (κ3) is 5.30. The molecule has 0 aromatic heterocycles. The second-order valence-electron chi connectivity index (χ2n) is 4.41. The van der Waals surface area contributed by atoms with Gasteiger partial charge >= 0.3 is 6.03 Å². The van der Waals surface area contributed by atoms with E-state index in [1.54, 1.807) is 0 Å². The first kappa shape index (κ1) is 14.2. The molecule has 0 aliphatic heterocycles. The van der Waals surface area contributed by atoms with Crippen LogP contribution in [-0.2, 0) is 0 Å². The lowest BCUT2D eigenvalue weighted by Gasteiger charge is -2.28. The molecule has 100 valence electrons. The van der Waals surface area contributed by atoms with E-state index in [0.29, 0.717) is 0 Å². The molecule has 1 saturated carbocycles. The van der Waals surface area contributed by atoms with Gasteiger partial charge in [0.25, 0.3) is 6.43 Å². The number of halogens is 2. The van der Waals surface area contributed by atoms with Crippen molar-refractivity contribution in [2.75, 3.05) is 19.6 Å². The second-order valence-corrected chi connectivity index (χ2v) is 4.41. The molecule has 4 nitrogen and oxygen atoms in total. The van der Waals surface area contributed by atoms with E-state index in [-0.39, 0.29) is 19.1 Å². The number of urea groups is 1. The van der Waals surface area contributed by atoms with Crippen LogP contribution in [0.4, 0.5) is 13.6 Å². The monoisotopic (exact) mass is 249 g/mol. The maximum atomic E-state index is 12.3. The summed E-state index contributed by atoms with van der Waals surface area (Å²) >= 11 is 0. The van der Waals surface area contributed by atoms with Gasteiger partial charge < -0.3 is 16.0 Å². The summed E-state index contributed by atoms with van der Waals surface area (Å²) in [6.07, 6.45) is 2.75. The van der Waals surface area contributed by atoms with Gasteiger partial charge in [0.1, 0.15) is 0 Å². The number of carbonyl (C=O) groups excluding carboxylic acids is 1. The lowest BCUT2D eigenvalue weighted by atomic mass is 9.96. The van der Waals surface area contributed by atoms with Gasteiger partial charge in [-0.05, 0) is 12.8 Å². The van der Waals surface area contributed by atoms with Crippen molar-refractivity contribution in [2.24, 2.45) is 5.73 Å². The lowest BCUT2D eigenvalue weighted by molar-refractivity contribution is 0.0979. The van der Waals surface area contributed by atoms with Gasteiger partial charge in [-0.1, -0.05) is 19.3 Å². The van der Waals surface area contributed by atoms with Crippen molar-refractivity contribution >= 4 is 6.03 Å².